The summed E-state index contributed by atoms with van der Waals surface area (Å²) >= 11 is 5.63. The molecule has 1 N–H and O–H groups in total. The average Bonchev–Trinajstić information content (AvgIpc) is 3.09. The van der Waals surface area contributed by atoms with Crippen LogP contribution in [0.15, 0.2) is 46.9 Å². The SMILES string of the molecule is CC[C@H](C)c1ccc2oc(-c3cccc(NC(=O)CCCCl)c3)nc2c1. The van der Waals surface area contributed by atoms with Crippen molar-refractivity contribution < 1.29 is 9.21 Å². The Hall–Kier alpha value is -2.33. The fraction of sp³-hybridized carbons (Fsp3) is 0.333. The molecule has 5 heteroatoms. The topological polar surface area (TPSA) is 55.1 Å². The van der Waals surface area contributed by atoms with Crippen LogP contribution in [0.1, 0.15) is 44.6 Å². The first kappa shape index (κ1) is 18.5. The zero-order valence-electron chi connectivity index (χ0n) is 15.1. The van der Waals surface area contributed by atoms with Crippen LogP contribution < -0.4 is 5.32 Å². The molecule has 0 radical (unpaired) electrons. The van der Waals surface area contributed by atoms with Crippen LogP contribution in [0.4, 0.5) is 5.69 Å². The second kappa shape index (κ2) is 8.37. The minimum absolute atomic E-state index is 0.0430. The van der Waals surface area contributed by atoms with Gasteiger partial charge in [0.1, 0.15) is 5.52 Å². The van der Waals surface area contributed by atoms with Crippen molar-refractivity contribution in [2.24, 2.45) is 0 Å². The Kier molecular flexibility index (Phi) is 5.94. The molecule has 26 heavy (non-hydrogen) atoms. The number of fused-ring (bicyclic) bond motifs is 1. The molecule has 1 atom stereocenters. The van der Waals surface area contributed by atoms with Crippen molar-refractivity contribution in [3.63, 3.8) is 0 Å². The highest BCUT2D eigenvalue weighted by molar-refractivity contribution is 6.18. The van der Waals surface area contributed by atoms with Gasteiger partial charge in [-0.1, -0.05) is 26.0 Å². The van der Waals surface area contributed by atoms with Gasteiger partial charge in [-0.2, -0.15) is 0 Å². The first-order valence-electron chi connectivity index (χ1n) is 8.97. The van der Waals surface area contributed by atoms with Gasteiger partial charge >= 0.3 is 0 Å². The first-order valence-corrected chi connectivity index (χ1v) is 9.51. The quantitative estimate of drug-likeness (QED) is 0.521. The summed E-state index contributed by atoms with van der Waals surface area (Å²) in [5.74, 6) is 1.48. The molecular weight excluding hydrogens is 348 g/mol. The summed E-state index contributed by atoms with van der Waals surface area (Å²) in [6, 6.07) is 13.7. The van der Waals surface area contributed by atoms with Gasteiger partial charge in [-0.05, 0) is 54.7 Å². The number of hydrogen-bond acceptors (Lipinski definition) is 3. The van der Waals surface area contributed by atoms with E-state index in [2.05, 4.69) is 36.3 Å². The highest BCUT2D eigenvalue weighted by Gasteiger charge is 2.12. The van der Waals surface area contributed by atoms with Crippen LogP contribution >= 0.6 is 11.6 Å². The van der Waals surface area contributed by atoms with Crippen molar-refractivity contribution in [2.45, 2.75) is 39.0 Å². The van der Waals surface area contributed by atoms with Gasteiger partial charge in [0.2, 0.25) is 11.8 Å². The third-order valence-corrected chi connectivity index (χ3v) is 4.79. The van der Waals surface area contributed by atoms with Gasteiger partial charge in [0, 0.05) is 23.6 Å². The molecule has 2 aromatic carbocycles. The van der Waals surface area contributed by atoms with Crippen LogP contribution in [0.5, 0.6) is 0 Å². The maximum absolute atomic E-state index is 11.9. The number of alkyl halides is 1. The third-order valence-electron chi connectivity index (χ3n) is 4.52. The molecule has 4 nitrogen and oxygen atoms in total. The third kappa shape index (κ3) is 4.25. The van der Waals surface area contributed by atoms with E-state index in [0.29, 0.717) is 30.5 Å². The number of hydrogen-bond donors (Lipinski definition) is 1. The number of amides is 1. The van der Waals surface area contributed by atoms with E-state index in [-0.39, 0.29) is 5.91 Å². The van der Waals surface area contributed by atoms with Crippen molar-refractivity contribution in [3.05, 3.63) is 48.0 Å². The van der Waals surface area contributed by atoms with E-state index in [1.807, 2.05) is 30.3 Å². The minimum atomic E-state index is -0.0430. The smallest absolute Gasteiger partial charge is 0.227 e. The van der Waals surface area contributed by atoms with Gasteiger partial charge in [-0.25, -0.2) is 4.98 Å². The number of oxazole rings is 1. The van der Waals surface area contributed by atoms with Gasteiger partial charge in [0.05, 0.1) is 0 Å². The highest BCUT2D eigenvalue weighted by Crippen LogP contribution is 2.29. The van der Waals surface area contributed by atoms with E-state index in [0.717, 1.165) is 28.8 Å². The normalized spacial score (nSPS) is 12.3. The zero-order chi connectivity index (χ0) is 18.5. The van der Waals surface area contributed by atoms with E-state index in [1.54, 1.807) is 0 Å². The molecule has 1 heterocycles. The van der Waals surface area contributed by atoms with Crippen molar-refractivity contribution in [2.75, 3.05) is 11.2 Å². The van der Waals surface area contributed by atoms with Crippen molar-refractivity contribution in [1.29, 1.82) is 0 Å². The standard InChI is InChI=1S/C21H23ClN2O2/c1-3-14(2)15-9-10-19-18(13-15)24-21(26-19)16-6-4-7-17(12-16)23-20(25)8-5-11-22/h4,6-7,9-10,12-14H,3,5,8,11H2,1-2H3,(H,23,25)/t14-/m0/s1. The summed E-state index contributed by atoms with van der Waals surface area (Å²) in [6.45, 7) is 4.38. The number of carbonyl (C=O) groups excluding carboxylic acids is 1. The summed E-state index contributed by atoms with van der Waals surface area (Å²) in [7, 11) is 0. The second-order valence-corrected chi connectivity index (χ2v) is 6.85. The molecule has 0 fully saturated rings. The Bertz CT molecular complexity index is 904. The number of nitrogens with zero attached hydrogens (tertiary/aromatic N) is 1. The maximum Gasteiger partial charge on any atom is 0.227 e. The molecule has 0 aliphatic rings. The van der Waals surface area contributed by atoms with Crippen LogP contribution in [-0.4, -0.2) is 16.8 Å². The predicted octanol–water partition coefficient (Wildman–Crippen LogP) is 5.97. The molecule has 3 aromatic rings. The average molecular weight is 371 g/mol. The molecule has 0 bridgehead atoms. The lowest BCUT2D eigenvalue weighted by molar-refractivity contribution is -0.116. The number of aromatic nitrogens is 1. The molecule has 0 spiro atoms. The summed E-state index contributed by atoms with van der Waals surface area (Å²) in [4.78, 5) is 16.5. The molecule has 136 valence electrons. The van der Waals surface area contributed by atoms with E-state index >= 15 is 0 Å². The van der Waals surface area contributed by atoms with Gasteiger partial charge in [0.15, 0.2) is 5.58 Å². The van der Waals surface area contributed by atoms with Gasteiger partial charge in [0.25, 0.3) is 0 Å². The zero-order valence-corrected chi connectivity index (χ0v) is 15.8. The number of rotatable bonds is 7. The first-order chi connectivity index (χ1) is 12.6. The van der Waals surface area contributed by atoms with Gasteiger partial charge in [-0.3, -0.25) is 4.79 Å². The predicted molar refractivity (Wildman–Crippen MR) is 107 cm³/mol. The van der Waals surface area contributed by atoms with Crippen molar-refractivity contribution in [3.8, 4) is 11.5 Å². The molecule has 0 aliphatic heterocycles. The van der Waals surface area contributed by atoms with Gasteiger partial charge in [-0.15, -0.1) is 11.6 Å². The van der Waals surface area contributed by atoms with Crippen LogP contribution in [0, 0.1) is 0 Å². The maximum atomic E-state index is 11.9. The largest absolute Gasteiger partial charge is 0.436 e. The summed E-state index contributed by atoms with van der Waals surface area (Å²) < 4.78 is 5.91. The molecule has 0 unspecified atom stereocenters. The van der Waals surface area contributed by atoms with Crippen LogP contribution in [0.2, 0.25) is 0 Å². The lowest BCUT2D eigenvalue weighted by Gasteiger charge is -2.07. The minimum Gasteiger partial charge on any atom is -0.436 e. The summed E-state index contributed by atoms with van der Waals surface area (Å²) in [5, 5.41) is 2.89. The van der Waals surface area contributed by atoms with Crippen LogP contribution in [0.25, 0.3) is 22.6 Å². The monoisotopic (exact) mass is 370 g/mol. The molecule has 1 aromatic heterocycles. The molecule has 0 aliphatic carbocycles. The Morgan fingerprint density at radius 1 is 1.27 bits per heavy atom. The van der Waals surface area contributed by atoms with E-state index in [1.165, 1.54) is 5.56 Å². The van der Waals surface area contributed by atoms with Crippen molar-refractivity contribution >= 4 is 34.3 Å². The Labute approximate surface area is 158 Å². The lowest BCUT2D eigenvalue weighted by Crippen LogP contribution is -2.11. The number of carbonyl (C=O) groups is 1. The number of nitrogens with one attached hydrogen (secondary N) is 1. The molecule has 3 rings (SSSR count). The van der Waals surface area contributed by atoms with E-state index < -0.39 is 0 Å². The molecule has 0 saturated carbocycles. The number of benzene rings is 2. The number of anilines is 1. The molecule has 1 amide bonds. The van der Waals surface area contributed by atoms with Crippen molar-refractivity contribution in [1.82, 2.24) is 4.98 Å². The summed E-state index contributed by atoms with van der Waals surface area (Å²) in [5.41, 5.74) is 4.45. The number of halogens is 1. The Morgan fingerprint density at radius 2 is 2.12 bits per heavy atom. The van der Waals surface area contributed by atoms with E-state index in [4.69, 9.17) is 16.0 Å². The fourth-order valence-corrected chi connectivity index (χ4v) is 2.92. The van der Waals surface area contributed by atoms with Crippen LogP contribution in [-0.2, 0) is 4.79 Å². The van der Waals surface area contributed by atoms with Crippen LogP contribution in [0.3, 0.4) is 0 Å². The molecule has 0 saturated heterocycles. The highest BCUT2D eigenvalue weighted by atomic mass is 35.5. The fourth-order valence-electron chi connectivity index (χ4n) is 2.79. The van der Waals surface area contributed by atoms with E-state index in [9.17, 15) is 4.79 Å². The Morgan fingerprint density at radius 3 is 2.88 bits per heavy atom. The lowest BCUT2D eigenvalue weighted by atomic mass is 9.98. The van der Waals surface area contributed by atoms with Gasteiger partial charge < -0.3 is 9.73 Å². The summed E-state index contributed by atoms with van der Waals surface area (Å²) in [6.07, 6.45) is 2.16. The second-order valence-electron chi connectivity index (χ2n) is 6.48. The molecular formula is C21H23ClN2O2. The Balaban J connectivity index is 1.84.